The van der Waals surface area contributed by atoms with Crippen LogP contribution in [-0.4, -0.2) is 51.1 Å². The predicted octanol–water partition coefficient (Wildman–Crippen LogP) is 2.51. The zero-order valence-electron chi connectivity index (χ0n) is 16.4. The van der Waals surface area contributed by atoms with Gasteiger partial charge in [-0.3, -0.25) is 0 Å². The highest BCUT2D eigenvalue weighted by Gasteiger charge is 2.14. The second-order valence-corrected chi connectivity index (χ2v) is 5.79. The molecular formula is C19H28N4O4. The van der Waals surface area contributed by atoms with Gasteiger partial charge in [0.25, 0.3) is 0 Å². The highest BCUT2D eigenvalue weighted by atomic mass is 16.5. The molecule has 0 amide bonds. The van der Waals surface area contributed by atoms with Gasteiger partial charge in [-0.25, -0.2) is 4.98 Å². The SMILES string of the molecule is CCOCCCNc1ncc(Cc2cc(OC)c(OC)c(OC)c2)c(N)n1. The Kier molecular flexibility index (Phi) is 7.94. The third-order valence-corrected chi connectivity index (χ3v) is 3.97. The van der Waals surface area contributed by atoms with Crippen LogP contribution in [0.15, 0.2) is 18.3 Å². The summed E-state index contributed by atoms with van der Waals surface area (Å²) >= 11 is 0. The molecule has 0 unspecified atom stereocenters. The van der Waals surface area contributed by atoms with Crippen molar-refractivity contribution in [3.63, 3.8) is 0 Å². The van der Waals surface area contributed by atoms with Gasteiger partial charge in [0.2, 0.25) is 11.7 Å². The number of benzene rings is 1. The number of nitrogens with two attached hydrogens (primary N) is 1. The quantitative estimate of drug-likeness (QED) is 0.577. The average molecular weight is 376 g/mol. The summed E-state index contributed by atoms with van der Waals surface area (Å²) < 4.78 is 21.4. The fourth-order valence-electron chi connectivity index (χ4n) is 2.62. The highest BCUT2D eigenvalue weighted by Crippen LogP contribution is 2.38. The molecule has 27 heavy (non-hydrogen) atoms. The molecule has 0 aliphatic heterocycles. The van der Waals surface area contributed by atoms with Crippen molar-refractivity contribution in [1.82, 2.24) is 9.97 Å². The molecule has 0 spiro atoms. The monoisotopic (exact) mass is 376 g/mol. The summed E-state index contributed by atoms with van der Waals surface area (Å²) in [6, 6.07) is 3.78. The molecule has 0 aliphatic rings. The van der Waals surface area contributed by atoms with E-state index in [9.17, 15) is 0 Å². The van der Waals surface area contributed by atoms with Gasteiger partial charge in [0.05, 0.1) is 21.3 Å². The summed E-state index contributed by atoms with van der Waals surface area (Å²) in [5, 5.41) is 3.15. The fourth-order valence-corrected chi connectivity index (χ4v) is 2.62. The third kappa shape index (κ3) is 5.62. The molecule has 8 heteroatoms. The van der Waals surface area contributed by atoms with E-state index in [4.69, 9.17) is 24.7 Å². The summed E-state index contributed by atoms with van der Waals surface area (Å²) in [5.41, 5.74) is 7.89. The number of methoxy groups -OCH3 is 3. The van der Waals surface area contributed by atoms with E-state index in [1.165, 1.54) is 0 Å². The Balaban J connectivity index is 2.09. The van der Waals surface area contributed by atoms with E-state index in [-0.39, 0.29) is 0 Å². The molecule has 0 saturated carbocycles. The second kappa shape index (κ2) is 10.4. The number of rotatable bonds is 11. The Morgan fingerprint density at radius 1 is 1.07 bits per heavy atom. The number of nitrogen functional groups attached to an aromatic ring is 1. The van der Waals surface area contributed by atoms with Crippen LogP contribution in [-0.2, 0) is 11.2 Å². The Hall–Kier alpha value is -2.74. The van der Waals surface area contributed by atoms with Crippen LogP contribution < -0.4 is 25.3 Å². The molecule has 0 radical (unpaired) electrons. The predicted molar refractivity (Wildman–Crippen MR) is 105 cm³/mol. The number of hydrogen-bond donors (Lipinski definition) is 2. The normalized spacial score (nSPS) is 10.5. The molecule has 1 heterocycles. The van der Waals surface area contributed by atoms with E-state index < -0.39 is 0 Å². The van der Waals surface area contributed by atoms with E-state index in [1.54, 1.807) is 27.5 Å². The first-order chi connectivity index (χ1) is 13.1. The number of anilines is 2. The summed E-state index contributed by atoms with van der Waals surface area (Å²) in [7, 11) is 4.75. The van der Waals surface area contributed by atoms with E-state index in [0.29, 0.717) is 42.0 Å². The van der Waals surface area contributed by atoms with Gasteiger partial charge in [0.1, 0.15) is 5.82 Å². The van der Waals surface area contributed by atoms with E-state index >= 15 is 0 Å². The molecule has 3 N–H and O–H groups in total. The van der Waals surface area contributed by atoms with Crippen LogP contribution in [0.5, 0.6) is 17.2 Å². The molecule has 148 valence electrons. The number of ether oxygens (including phenoxy) is 4. The Bertz CT molecular complexity index is 715. The molecule has 0 aliphatic carbocycles. The molecule has 1 aromatic carbocycles. The van der Waals surface area contributed by atoms with Gasteiger partial charge < -0.3 is 30.0 Å². The Morgan fingerprint density at radius 3 is 2.33 bits per heavy atom. The smallest absolute Gasteiger partial charge is 0.224 e. The lowest BCUT2D eigenvalue weighted by Gasteiger charge is -2.14. The maximum absolute atomic E-state index is 6.12. The van der Waals surface area contributed by atoms with Crippen molar-refractivity contribution >= 4 is 11.8 Å². The van der Waals surface area contributed by atoms with Gasteiger partial charge in [0, 0.05) is 37.9 Å². The standard InChI is InChI=1S/C19H28N4O4/c1-5-27-8-6-7-21-19-22-12-14(18(20)23-19)9-13-10-15(24-2)17(26-4)16(11-13)25-3/h10-12H,5-9H2,1-4H3,(H3,20,21,22,23). The van der Waals surface area contributed by atoms with Crippen LogP contribution in [0, 0.1) is 0 Å². The van der Waals surface area contributed by atoms with Gasteiger partial charge >= 0.3 is 0 Å². The van der Waals surface area contributed by atoms with Crippen LogP contribution in [0.3, 0.4) is 0 Å². The Morgan fingerprint density at radius 2 is 1.78 bits per heavy atom. The summed E-state index contributed by atoms with van der Waals surface area (Å²) in [4.78, 5) is 8.68. The zero-order chi connectivity index (χ0) is 19.6. The number of aromatic nitrogens is 2. The van der Waals surface area contributed by atoms with Crippen molar-refractivity contribution in [3.05, 3.63) is 29.5 Å². The van der Waals surface area contributed by atoms with Gasteiger partial charge in [0.15, 0.2) is 11.5 Å². The number of nitrogens with one attached hydrogen (secondary N) is 1. The first kappa shape index (κ1) is 20.6. The highest BCUT2D eigenvalue weighted by molar-refractivity contribution is 5.55. The van der Waals surface area contributed by atoms with E-state index in [0.717, 1.165) is 30.7 Å². The van der Waals surface area contributed by atoms with Gasteiger partial charge in [-0.15, -0.1) is 0 Å². The fraction of sp³-hybridized carbons (Fsp3) is 0.474. The first-order valence-corrected chi connectivity index (χ1v) is 8.84. The minimum absolute atomic E-state index is 0.436. The maximum atomic E-state index is 6.12. The minimum Gasteiger partial charge on any atom is -0.493 e. The number of hydrogen-bond acceptors (Lipinski definition) is 8. The van der Waals surface area contributed by atoms with Crippen LogP contribution in [0.25, 0.3) is 0 Å². The summed E-state index contributed by atoms with van der Waals surface area (Å²) in [6.07, 6.45) is 3.16. The van der Waals surface area contributed by atoms with Gasteiger partial charge in [-0.05, 0) is 31.0 Å². The van der Waals surface area contributed by atoms with Crippen molar-refractivity contribution in [3.8, 4) is 17.2 Å². The molecule has 0 fully saturated rings. The number of nitrogens with zero attached hydrogens (tertiary/aromatic N) is 2. The molecule has 1 aromatic heterocycles. The van der Waals surface area contributed by atoms with E-state index in [1.807, 2.05) is 19.1 Å². The first-order valence-electron chi connectivity index (χ1n) is 8.84. The summed E-state index contributed by atoms with van der Waals surface area (Å²) in [5.74, 6) is 2.70. The lowest BCUT2D eigenvalue weighted by molar-refractivity contribution is 0.147. The lowest BCUT2D eigenvalue weighted by Crippen LogP contribution is -2.10. The average Bonchev–Trinajstić information content (AvgIpc) is 2.68. The molecular weight excluding hydrogens is 348 g/mol. The van der Waals surface area contributed by atoms with Crippen molar-refractivity contribution in [2.45, 2.75) is 19.8 Å². The van der Waals surface area contributed by atoms with Crippen LogP contribution in [0.1, 0.15) is 24.5 Å². The molecule has 2 rings (SSSR count). The maximum Gasteiger partial charge on any atom is 0.224 e. The van der Waals surface area contributed by atoms with Crippen molar-refractivity contribution in [1.29, 1.82) is 0 Å². The minimum atomic E-state index is 0.436. The van der Waals surface area contributed by atoms with Crippen LogP contribution >= 0.6 is 0 Å². The van der Waals surface area contributed by atoms with Gasteiger partial charge in [-0.1, -0.05) is 0 Å². The van der Waals surface area contributed by atoms with Crippen molar-refractivity contribution in [2.24, 2.45) is 0 Å². The third-order valence-electron chi connectivity index (χ3n) is 3.97. The van der Waals surface area contributed by atoms with E-state index in [2.05, 4.69) is 15.3 Å². The molecule has 8 nitrogen and oxygen atoms in total. The molecule has 0 saturated heterocycles. The molecule has 2 aromatic rings. The topological polar surface area (TPSA) is 101 Å². The van der Waals surface area contributed by atoms with Crippen LogP contribution in [0.4, 0.5) is 11.8 Å². The largest absolute Gasteiger partial charge is 0.493 e. The zero-order valence-corrected chi connectivity index (χ0v) is 16.4. The van der Waals surface area contributed by atoms with Crippen LogP contribution in [0.2, 0.25) is 0 Å². The van der Waals surface area contributed by atoms with Crippen molar-refractivity contribution in [2.75, 3.05) is 52.1 Å². The molecule has 0 bridgehead atoms. The lowest BCUT2D eigenvalue weighted by atomic mass is 10.1. The second-order valence-electron chi connectivity index (χ2n) is 5.79. The summed E-state index contributed by atoms with van der Waals surface area (Å²) in [6.45, 7) is 4.13. The van der Waals surface area contributed by atoms with Gasteiger partial charge in [-0.2, -0.15) is 4.98 Å². The molecule has 0 atom stereocenters. The van der Waals surface area contributed by atoms with Crippen molar-refractivity contribution < 1.29 is 18.9 Å². The Labute approximate surface area is 160 Å².